The molecule has 0 aliphatic carbocycles. The van der Waals surface area contributed by atoms with Gasteiger partial charge in [0.2, 0.25) is 5.91 Å². The predicted molar refractivity (Wildman–Crippen MR) is 126 cm³/mol. The number of anilines is 2. The van der Waals surface area contributed by atoms with Gasteiger partial charge in [0.1, 0.15) is 5.82 Å². The van der Waals surface area contributed by atoms with Gasteiger partial charge in [0.25, 0.3) is 5.91 Å². The van der Waals surface area contributed by atoms with Crippen LogP contribution in [0, 0.1) is 5.82 Å². The fraction of sp³-hybridized carbons (Fsp3) is 0.0400. The summed E-state index contributed by atoms with van der Waals surface area (Å²) in [5.41, 5.74) is 1.89. The fourth-order valence-electron chi connectivity index (χ4n) is 3.25. The molecule has 0 fully saturated rings. The summed E-state index contributed by atoms with van der Waals surface area (Å²) in [4.78, 5) is 41.3. The summed E-state index contributed by atoms with van der Waals surface area (Å²) in [6, 6.07) is 19.5. The Morgan fingerprint density at radius 2 is 1.58 bits per heavy atom. The molecule has 3 aromatic carbocycles. The molecule has 0 spiro atoms. The monoisotopic (exact) mass is 459 g/mol. The van der Waals surface area contributed by atoms with E-state index in [1.807, 2.05) is 6.07 Å². The normalized spacial score (nSPS) is 10.5. The Morgan fingerprint density at radius 3 is 2.27 bits per heavy atom. The number of ketones is 1. The summed E-state index contributed by atoms with van der Waals surface area (Å²) in [7, 11) is 0. The Kier molecular flexibility index (Phi) is 6.37. The number of carbonyl (C=O) groups is 3. The minimum Gasteiger partial charge on any atom is -0.326 e. The molecule has 164 valence electrons. The molecule has 0 bridgehead atoms. The smallest absolute Gasteiger partial charge is 0.258 e. The first kappa shape index (κ1) is 22.0. The van der Waals surface area contributed by atoms with Crippen LogP contribution < -0.4 is 10.6 Å². The quantitative estimate of drug-likeness (QED) is 0.379. The van der Waals surface area contributed by atoms with Gasteiger partial charge in [-0.05, 0) is 24.3 Å². The molecule has 0 atom stereocenters. The van der Waals surface area contributed by atoms with E-state index in [9.17, 15) is 18.8 Å². The van der Waals surface area contributed by atoms with E-state index >= 15 is 0 Å². The van der Waals surface area contributed by atoms with Gasteiger partial charge in [0.05, 0.1) is 11.3 Å². The third kappa shape index (κ3) is 5.02. The molecule has 0 unspecified atom stereocenters. The lowest BCUT2D eigenvalue weighted by Crippen LogP contribution is -2.16. The second-order valence-corrected chi connectivity index (χ2v) is 7.97. The van der Waals surface area contributed by atoms with Crippen molar-refractivity contribution in [2.45, 2.75) is 6.92 Å². The third-order valence-electron chi connectivity index (χ3n) is 4.74. The molecule has 0 aliphatic heterocycles. The van der Waals surface area contributed by atoms with E-state index in [2.05, 4.69) is 15.6 Å². The van der Waals surface area contributed by atoms with Crippen molar-refractivity contribution >= 4 is 39.8 Å². The minimum absolute atomic E-state index is 0.217. The zero-order valence-corrected chi connectivity index (χ0v) is 18.3. The molecule has 2 amide bonds. The Balaban J connectivity index is 1.55. The van der Waals surface area contributed by atoms with Crippen LogP contribution in [0.1, 0.15) is 33.2 Å². The van der Waals surface area contributed by atoms with Crippen LogP contribution in [0.3, 0.4) is 0 Å². The largest absolute Gasteiger partial charge is 0.326 e. The molecule has 1 heterocycles. The van der Waals surface area contributed by atoms with Crippen molar-refractivity contribution in [1.82, 2.24) is 4.98 Å². The van der Waals surface area contributed by atoms with Gasteiger partial charge in [0.15, 0.2) is 10.9 Å². The Bertz CT molecular complexity index is 1350. The third-order valence-corrected chi connectivity index (χ3v) is 5.50. The van der Waals surface area contributed by atoms with Crippen LogP contribution in [0.2, 0.25) is 0 Å². The SMILES string of the molecule is CC(=O)Nc1ccc(-c2csc(NC(=O)c3ccccc3C(=O)c3ccccc3)n2)c(F)c1. The molecule has 0 radical (unpaired) electrons. The van der Waals surface area contributed by atoms with E-state index in [0.717, 1.165) is 11.3 Å². The maximum Gasteiger partial charge on any atom is 0.258 e. The van der Waals surface area contributed by atoms with E-state index < -0.39 is 11.7 Å². The average molecular weight is 460 g/mol. The van der Waals surface area contributed by atoms with Crippen LogP contribution in [-0.2, 0) is 4.79 Å². The van der Waals surface area contributed by atoms with Crippen molar-refractivity contribution < 1.29 is 18.8 Å². The lowest BCUT2D eigenvalue weighted by Gasteiger charge is -2.08. The van der Waals surface area contributed by atoms with Crippen LogP contribution in [0.5, 0.6) is 0 Å². The summed E-state index contributed by atoms with van der Waals surface area (Å²) in [6.45, 7) is 1.34. The second-order valence-electron chi connectivity index (χ2n) is 7.11. The Labute approximate surface area is 193 Å². The van der Waals surface area contributed by atoms with E-state index in [-0.39, 0.29) is 33.5 Å². The molecular weight excluding hydrogens is 441 g/mol. The van der Waals surface area contributed by atoms with Crippen LogP contribution >= 0.6 is 11.3 Å². The average Bonchev–Trinajstić information content (AvgIpc) is 3.27. The number of nitrogens with zero attached hydrogens (tertiary/aromatic N) is 1. The Hall–Kier alpha value is -4.17. The summed E-state index contributed by atoms with van der Waals surface area (Å²) >= 11 is 1.14. The topological polar surface area (TPSA) is 88.2 Å². The zero-order valence-electron chi connectivity index (χ0n) is 17.5. The molecule has 0 aliphatic rings. The van der Waals surface area contributed by atoms with Crippen molar-refractivity contribution in [3.05, 3.63) is 101 Å². The maximum absolute atomic E-state index is 14.5. The number of hydrogen-bond donors (Lipinski definition) is 2. The summed E-state index contributed by atoms with van der Waals surface area (Å²) in [5.74, 6) is -1.60. The first-order chi connectivity index (χ1) is 15.9. The lowest BCUT2D eigenvalue weighted by atomic mass is 9.98. The highest BCUT2D eigenvalue weighted by molar-refractivity contribution is 7.14. The maximum atomic E-state index is 14.5. The van der Waals surface area contributed by atoms with Gasteiger partial charge in [-0.3, -0.25) is 19.7 Å². The van der Waals surface area contributed by atoms with Crippen molar-refractivity contribution in [1.29, 1.82) is 0 Å². The molecule has 33 heavy (non-hydrogen) atoms. The van der Waals surface area contributed by atoms with E-state index in [4.69, 9.17) is 0 Å². The molecule has 4 rings (SSSR count). The van der Waals surface area contributed by atoms with Gasteiger partial charge in [0, 0.05) is 34.7 Å². The number of hydrogen-bond acceptors (Lipinski definition) is 5. The summed E-state index contributed by atoms with van der Waals surface area (Å²) in [5, 5.41) is 7.09. The van der Waals surface area contributed by atoms with Gasteiger partial charge >= 0.3 is 0 Å². The van der Waals surface area contributed by atoms with E-state index in [1.165, 1.54) is 19.1 Å². The Morgan fingerprint density at radius 1 is 0.879 bits per heavy atom. The lowest BCUT2D eigenvalue weighted by molar-refractivity contribution is -0.114. The van der Waals surface area contributed by atoms with Crippen molar-refractivity contribution in [3.8, 4) is 11.3 Å². The highest BCUT2D eigenvalue weighted by Gasteiger charge is 2.19. The summed E-state index contributed by atoms with van der Waals surface area (Å²) < 4.78 is 14.5. The molecule has 6 nitrogen and oxygen atoms in total. The second kappa shape index (κ2) is 9.54. The van der Waals surface area contributed by atoms with Crippen LogP contribution in [0.15, 0.2) is 78.2 Å². The fourth-order valence-corrected chi connectivity index (χ4v) is 3.95. The number of thiazole rings is 1. The number of halogens is 1. The van der Waals surface area contributed by atoms with Gasteiger partial charge < -0.3 is 5.32 Å². The van der Waals surface area contributed by atoms with Gasteiger partial charge in [-0.15, -0.1) is 11.3 Å². The van der Waals surface area contributed by atoms with Gasteiger partial charge in [-0.25, -0.2) is 9.37 Å². The van der Waals surface area contributed by atoms with Crippen LogP contribution in [-0.4, -0.2) is 22.6 Å². The summed E-state index contributed by atoms with van der Waals surface area (Å²) in [6.07, 6.45) is 0. The number of rotatable bonds is 6. The highest BCUT2D eigenvalue weighted by atomic mass is 32.1. The van der Waals surface area contributed by atoms with Crippen molar-refractivity contribution in [2.75, 3.05) is 10.6 Å². The number of nitrogens with one attached hydrogen (secondary N) is 2. The standard InChI is InChI=1S/C25H18FN3O3S/c1-15(30)27-17-11-12-20(21(26)13-17)22-14-33-25(28-22)29-24(32)19-10-6-5-9-18(19)23(31)16-7-3-2-4-8-16/h2-14H,1H3,(H,27,30)(H,28,29,32). The van der Waals surface area contributed by atoms with Crippen molar-refractivity contribution in [3.63, 3.8) is 0 Å². The van der Waals surface area contributed by atoms with Gasteiger partial charge in [-0.1, -0.05) is 48.5 Å². The van der Waals surface area contributed by atoms with E-state index in [1.54, 1.807) is 60.0 Å². The van der Waals surface area contributed by atoms with Crippen LogP contribution in [0.25, 0.3) is 11.3 Å². The molecule has 2 N–H and O–H groups in total. The molecule has 0 saturated heterocycles. The van der Waals surface area contributed by atoms with Crippen molar-refractivity contribution in [2.24, 2.45) is 0 Å². The number of aromatic nitrogens is 1. The number of amides is 2. The molecular formula is C25H18FN3O3S. The van der Waals surface area contributed by atoms with Gasteiger partial charge in [-0.2, -0.15) is 0 Å². The van der Waals surface area contributed by atoms with E-state index in [0.29, 0.717) is 16.9 Å². The minimum atomic E-state index is -0.553. The van der Waals surface area contributed by atoms with Crippen LogP contribution in [0.4, 0.5) is 15.2 Å². The first-order valence-corrected chi connectivity index (χ1v) is 10.8. The molecule has 8 heteroatoms. The number of benzene rings is 3. The molecule has 4 aromatic rings. The molecule has 0 saturated carbocycles. The predicted octanol–water partition coefficient (Wildman–Crippen LogP) is 5.39. The highest BCUT2D eigenvalue weighted by Crippen LogP contribution is 2.29. The zero-order chi connectivity index (χ0) is 23.4. The first-order valence-electron chi connectivity index (χ1n) is 9.95. The molecule has 1 aromatic heterocycles. The number of carbonyl (C=O) groups excluding carboxylic acids is 3.